The topological polar surface area (TPSA) is 58.6 Å². The van der Waals surface area contributed by atoms with Crippen molar-refractivity contribution in [1.29, 1.82) is 0 Å². The average Bonchev–Trinajstić information content (AvgIpc) is 2.46. The van der Waals surface area contributed by atoms with Gasteiger partial charge in [0.05, 0.1) is 7.11 Å². The smallest absolute Gasteiger partial charge is 0.305 e. The maximum absolute atomic E-state index is 11.9. The highest BCUT2D eigenvalue weighted by Gasteiger charge is 2.05. The third kappa shape index (κ3) is 5.30. The molecule has 1 aromatic rings. The van der Waals surface area contributed by atoms with Gasteiger partial charge in [-0.2, -0.15) is 0 Å². The molecule has 1 rings (SSSR count). The Bertz CT molecular complexity index is 441. The second-order valence-corrected chi connectivity index (χ2v) is 4.73. The minimum absolute atomic E-state index is 0.0895. The van der Waals surface area contributed by atoms with E-state index < -0.39 is 0 Å². The summed E-state index contributed by atoms with van der Waals surface area (Å²) >= 11 is 0. The van der Waals surface area contributed by atoms with Gasteiger partial charge >= 0.3 is 5.97 Å². The van der Waals surface area contributed by atoms with Gasteiger partial charge in [-0.3, -0.25) is 9.59 Å². The molecule has 5 heteroatoms. The Balaban J connectivity index is 2.30. The van der Waals surface area contributed by atoms with Gasteiger partial charge in [0.1, 0.15) is 0 Å². The molecular formula is C15H22N2O3. The zero-order valence-corrected chi connectivity index (χ0v) is 12.3. The van der Waals surface area contributed by atoms with Crippen LogP contribution in [-0.2, 0) is 9.53 Å². The first-order valence-electron chi connectivity index (χ1n) is 6.67. The number of ether oxygens (including phenoxy) is 1. The van der Waals surface area contributed by atoms with Crippen LogP contribution in [0.1, 0.15) is 29.6 Å². The molecule has 0 bridgehead atoms. The number of hydrogen-bond donors (Lipinski definition) is 1. The van der Waals surface area contributed by atoms with Gasteiger partial charge in [-0.1, -0.05) is 0 Å². The first kappa shape index (κ1) is 16.0. The number of rotatable bonds is 7. The predicted octanol–water partition coefficient (Wildman–Crippen LogP) is 1.83. The van der Waals surface area contributed by atoms with Gasteiger partial charge in [0, 0.05) is 38.3 Å². The second kappa shape index (κ2) is 8.19. The molecule has 0 saturated heterocycles. The van der Waals surface area contributed by atoms with Crippen LogP contribution < -0.4 is 10.2 Å². The summed E-state index contributed by atoms with van der Waals surface area (Å²) in [5.74, 6) is -0.302. The Morgan fingerprint density at radius 2 is 1.80 bits per heavy atom. The summed E-state index contributed by atoms with van der Waals surface area (Å²) < 4.78 is 4.55. The summed E-state index contributed by atoms with van der Waals surface area (Å²) in [5.41, 5.74) is 1.70. The SMILES string of the molecule is COC(=O)CCCCNC(=O)c1ccc(N(C)C)cc1. The lowest BCUT2D eigenvalue weighted by Gasteiger charge is -2.12. The highest BCUT2D eigenvalue weighted by molar-refractivity contribution is 5.94. The van der Waals surface area contributed by atoms with Crippen LogP contribution in [0.15, 0.2) is 24.3 Å². The summed E-state index contributed by atoms with van der Waals surface area (Å²) in [6.45, 7) is 0.561. The van der Waals surface area contributed by atoms with Crippen LogP contribution >= 0.6 is 0 Å². The summed E-state index contributed by atoms with van der Waals surface area (Å²) in [4.78, 5) is 24.7. The van der Waals surface area contributed by atoms with E-state index in [-0.39, 0.29) is 11.9 Å². The molecule has 0 aliphatic rings. The number of amides is 1. The quantitative estimate of drug-likeness (QED) is 0.610. The van der Waals surface area contributed by atoms with E-state index in [1.807, 2.05) is 31.1 Å². The van der Waals surface area contributed by atoms with Crippen LogP contribution in [0, 0.1) is 0 Å². The summed E-state index contributed by atoms with van der Waals surface area (Å²) in [6.07, 6.45) is 1.87. The second-order valence-electron chi connectivity index (χ2n) is 4.73. The number of unbranched alkanes of at least 4 members (excludes halogenated alkanes) is 1. The molecule has 1 amide bonds. The van der Waals surface area contributed by atoms with Gasteiger partial charge in [-0.05, 0) is 37.1 Å². The van der Waals surface area contributed by atoms with Crippen molar-refractivity contribution in [1.82, 2.24) is 5.32 Å². The molecule has 110 valence electrons. The van der Waals surface area contributed by atoms with Crippen LogP contribution in [0.4, 0.5) is 5.69 Å². The molecule has 0 atom stereocenters. The van der Waals surface area contributed by atoms with Crippen molar-refractivity contribution in [2.75, 3.05) is 32.6 Å². The van der Waals surface area contributed by atoms with Crippen molar-refractivity contribution < 1.29 is 14.3 Å². The number of carbonyl (C=O) groups is 2. The zero-order chi connectivity index (χ0) is 15.0. The molecule has 0 radical (unpaired) electrons. The predicted molar refractivity (Wildman–Crippen MR) is 79.0 cm³/mol. The fraction of sp³-hybridized carbons (Fsp3) is 0.467. The van der Waals surface area contributed by atoms with Gasteiger partial charge in [0.25, 0.3) is 5.91 Å². The molecule has 1 aromatic carbocycles. The molecular weight excluding hydrogens is 256 g/mol. The summed E-state index contributed by atoms with van der Waals surface area (Å²) in [6, 6.07) is 7.43. The Morgan fingerprint density at radius 1 is 1.15 bits per heavy atom. The lowest BCUT2D eigenvalue weighted by atomic mass is 10.2. The average molecular weight is 278 g/mol. The normalized spacial score (nSPS) is 9.95. The Labute approximate surface area is 119 Å². The molecule has 0 aliphatic heterocycles. The van der Waals surface area contributed by atoms with E-state index in [4.69, 9.17) is 0 Å². The minimum Gasteiger partial charge on any atom is -0.469 e. The van der Waals surface area contributed by atoms with Crippen molar-refractivity contribution in [3.63, 3.8) is 0 Å². The summed E-state index contributed by atoms with van der Waals surface area (Å²) in [5, 5.41) is 2.83. The minimum atomic E-state index is -0.212. The fourth-order valence-electron chi connectivity index (χ4n) is 1.71. The third-order valence-corrected chi connectivity index (χ3v) is 2.97. The van der Waals surface area contributed by atoms with Crippen molar-refractivity contribution in [2.24, 2.45) is 0 Å². The molecule has 0 fully saturated rings. The van der Waals surface area contributed by atoms with Gasteiger partial charge in [-0.15, -0.1) is 0 Å². The first-order valence-corrected chi connectivity index (χ1v) is 6.67. The molecule has 5 nitrogen and oxygen atoms in total. The Morgan fingerprint density at radius 3 is 2.35 bits per heavy atom. The van der Waals surface area contributed by atoms with Gasteiger partial charge in [0.15, 0.2) is 0 Å². The molecule has 0 aliphatic carbocycles. The number of hydrogen-bond acceptors (Lipinski definition) is 4. The van der Waals surface area contributed by atoms with E-state index in [1.54, 1.807) is 12.1 Å². The van der Waals surface area contributed by atoms with Crippen LogP contribution in [0.25, 0.3) is 0 Å². The highest BCUT2D eigenvalue weighted by Crippen LogP contribution is 2.12. The largest absolute Gasteiger partial charge is 0.469 e. The Kier molecular flexibility index (Phi) is 6.56. The van der Waals surface area contributed by atoms with Crippen molar-refractivity contribution >= 4 is 17.6 Å². The number of nitrogens with zero attached hydrogens (tertiary/aromatic N) is 1. The molecule has 20 heavy (non-hydrogen) atoms. The maximum Gasteiger partial charge on any atom is 0.305 e. The number of nitrogens with one attached hydrogen (secondary N) is 1. The van der Waals surface area contributed by atoms with Crippen molar-refractivity contribution in [3.05, 3.63) is 29.8 Å². The molecule has 0 aromatic heterocycles. The van der Waals surface area contributed by atoms with E-state index in [0.29, 0.717) is 24.9 Å². The van der Waals surface area contributed by atoms with Crippen molar-refractivity contribution in [2.45, 2.75) is 19.3 Å². The molecule has 0 unspecified atom stereocenters. The van der Waals surface area contributed by atoms with Crippen LogP contribution in [-0.4, -0.2) is 39.6 Å². The van der Waals surface area contributed by atoms with E-state index in [1.165, 1.54) is 7.11 Å². The summed E-state index contributed by atoms with van der Waals surface area (Å²) in [7, 11) is 5.29. The van der Waals surface area contributed by atoms with Crippen LogP contribution in [0.3, 0.4) is 0 Å². The third-order valence-electron chi connectivity index (χ3n) is 2.97. The van der Waals surface area contributed by atoms with Gasteiger partial charge in [-0.25, -0.2) is 0 Å². The lowest BCUT2D eigenvalue weighted by Crippen LogP contribution is -2.24. The standard InChI is InChI=1S/C15H22N2O3/c1-17(2)13-9-7-12(8-10-13)15(19)16-11-5-4-6-14(18)20-3/h7-10H,4-6,11H2,1-3H3,(H,16,19). The van der Waals surface area contributed by atoms with Crippen LogP contribution in [0.2, 0.25) is 0 Å². The monoisotopic (exact) mass is 278 g/mol. The number of anilines is 1. The van der Waals surface area contributed by atoms with E-state index in [2.05, 4.69) is 10.1 Å². The zero-order valence-electron chi connectivity index (χ0n) is 12.3. The lowest BCUT2D eigenvalue weighted by molar-refractivity contribution is -0.140. The first-order chi connectivity index (χ1) is 9.54. The maximum atomic E-state index is 11.9. The van der Waals surface area contributed by atoms with Crippen molar-refractivity contribution in [3.8, 4) is 0 Å². The molecule has 1 N–H and O–H groups in total. The molecule has 0 heterocycles. The fourth-order valence-corrected chi connectivity index (χ4v) is 1.71. The molecule has 0 saturated carbocycles. The van der Waals surface area contributed by atoms with Crippen LogP contribution in [0.5, 0.6) is 0 Å². The highest BCUT2D eigenvalue weighted by atomic mass is 16.5. The number of carbonyl (C=O) groups excluding carboxylic acids is 2. The van der Waals surface area contributed by atoms with Gasteiger partial charge in [0.2, 0.25) is 0 Å². The molecule has 0 spiro atoms. The van der Waals surface area contributed by atoms with E-state index >= 15 is 0 Å². The van der Waals surface area contributed by atoms with Gasteiger partial charge < -0.3 is 15.0 Å². The number of benzene rings is 1. The van der Waals surface area contributed by atoms with E-state index in [0.717, 1.165) is 12.1 Å². The number of methoxy groups -OCH3 is 1. The Hall–Kier alpha value is -2.04. The number of esters is 1. The van der Waals surface area contributed by atoms with E-state index in [9.17, 15) is 9.59 Å².